The lowest BCUT2D eigenvalue weighted by atomic mass is 9.87. The molecule has 0 aliphatic carbocycles. The molecule has 0 amide bonds. The summed E-state index contributed by atoms with van der Waals surface area (Å²) in [5.74, 6) is -54.7. The Morgan fingerprint density at radius 3 is 0.478 bits per heavy atom. The third kappa shape index (κ3) is 5.71. The molecule has 0 heterocycles. The maximum absolute atomic E-state index is 13.6. The Kier molecular flexibility index (Phi) is 10.7. The van der Waals surface area contributed by atoms with E-state index in [0.717, 1.165) is 0 Å². The molecule has 0 aromatic heterocycles. The monoisotopic (exact) mass is 802 g/mol. The highest BCUT2D eigenvalue weighted by Crippen LogP contribution is 2.69. The van der Waals surface area contributed by atoms with Gasteiger partial charge >= 0.3 is 82.1 Å². The van der Waals surface area contributed by atoms with Crippen LogP contribution < -0.4 is 0 Å². The van der Waals surface area contributed by atoms with Crippen LogP contribution in [0.4, 0.5) is 132 Å². The second-order valence-electron chi connectivity index (χ2n) is 7.95. The first kappa shape index (κ1) is 44.6. The van der Waals surface area contributed by atoms with Gasteiger partial charge in [-0.1, -0.05) is 0 Å². The molecule has 0 atom stereocenters. The van der Waals surface area contributed by atoms with Crippen molar-refractivity contribution in [3.8, 4) is 0 Å². The van der Waals surface area contributed by atoms with Crippen LogP contribution in [-0.2, 0) is 0 Å². The zero-order valence-electron chi connectivity index (χ0n) is 19.2. The van der Waals surface area contributed by atoms with Crippen molar-refractivity contribution in [2.75, 3.05) is 0 Å². The molecule has 0 N–H and O–H groups in total. The molecule has 0 aliphatic heterocycles. The molecule has 0 saturated heterocycles. The maximum atomic E-state index is 13.6. The third-order valence-corrected chi connectivity index (χ3v) is 7.51. The lowest BCUT2D eigenvalue weighted by Gasteiger charge is -2.43. The number of hydrogen-bond acceptors (Lipinski definition) is 2. The summed E-state index contributed by atoms with van der Waals surface area (Å²) in [5.41, 5.74) is -18.0. The molecular formula is C14F30S2. The lowest BCUT2D eigenvalue weighted by Crippen LogP contribution is -2.75. The minimum atomic E-state index is -9.24. The van der Waals surface area contributed by atoms with Crippen molar-refractivity contribution in [3.63, 3.8) is 0 Å². The van der Waals surface area contributed by atoms with Crippen molar-refractivity contribution >= 4 is 21.6 Å². The molecule has 0 saturated carbocycles. The zero-order chi connectivity index (χ0) is 38.4. The molecule has 0 unspecified atom stereocenters. The Bertz CT molecular complexity index is 969. The second-order valence-corrected chi connectivity index (χ2v) is 10.3. The molecular weight excluding hydrogens is 802 g/mol. The molecule has 0 nitrogen and oxygen atoms in total. The van der Waals surface area contributed by atoms with E-state index in [1.165, 1.54) is 0 Å². The zero-order valence-corrected chi connectivity index (χ0v) is 20.8. The van der Waals surface area contributed by atoms with Gasteiger partial charge in [0.15, 0.2) is 0 Å². The summed E-state index contributed by atoms with van der Waals surface area (Å²) >= 11 is 0. The van der Waals surface area contributed by atoms with Gasteiger partial charge in [0.2, 0.25) is 0 Å². The molecule has 0 radical (unpaired) electrons. The Balaban J connectivity index is 7.02. The summed E-state index contributed by atoms with van der Waals surface area (Å²) in [6.45, 7) is 0. The van der Waals surface area contributed by atoms with E-state index in [0.29, 0.717) is 0 Å². The molecule has 0 aromatic carbocycles. The van der Waals surface area contributed by atoms with E-state index in [1.807, 2.05) is 0 Å². The first-order chi connectivity index (χ1) is 19.2. The van der Waals surface area contributed by atoms with Crippen molar-refractivity contribution in [2.24, 2.45) is 0 Å². The molecule has 0 spiro atoms. The largest absolute Gasteiger partial charge is 0.438 e. The highest BCUT2D eigenvalue weighted by atomic mass is 33.1. The highest BCUT2D eigenvalue weighted by Gasteiger charge is 2.97. The Labute approximate surface area is 236 Å². The van der Waals surface area contributed by atoms with Gasteiger partial charge in [-0.3, -0.25) is 0 Å². The van der Waals surface area contributed by atoms with Crippen LogP contribution in [0, 0.1) is 0 Å². The standard InChI is InChI=1S/C14F30S2/c15-1(9(29,30)31,10(32,33)34)3(17,18)5(21,22)7(25,26)13(41,42)45-46-14(43,44)8(27,28)6(23,24)4(19,20)2(16,11(35,36)37)12(38,39)40. The van der Waals surface area contributed by atoms with Crippen molar-refractivity contribution < 1.29 is 132 Å². The minimum Gasteiger partial charge on any atom is -0.216 e. The van der Waals surface area contributed by atoms with Gasteiger partial charge in [-0.05, 0) is 21.6 Å². The second kappa shape index (κ2) is 11.1. The van der Waals surface area contributed by atoms with E-state index in [-0.39, 0.29) is 0 Å². The summed E-state index contributed by atoms with van der Waals surface area (Å²) in [6.07, 6.45) is -34.1. The van der Waals surface area contributed by atoms with Crippen LogP contribution in [0.1, 0.15) is 0 Å². The molecule has 32 heteroatoms. The summed E-state index contributed by atoms with van der Waals surface area (Å²) < 4.78 is 392. The maximum Gasteiger partial charge on any atom is 0.438 e. The fraction of sp³-hybridized carbons (Fsp3) is 1.00. The predicted molar refractivity (Wildman–Crippen MR) is 86.7 cm³/mol. The Morgan fingerprint density at radius 2 is 0.348 bits per heavy atom. The SMILES string of the molecule is FC(F)(F)C(F)(C(F)(F)F)C(F)(F)C(F)(F)C(F)(F)C(F)(F)SSC(F)(F)C(F)(F)C(F)(F)C(F)(F)C(F)(C(F)(F)F)C(F)(F)F. The first-order valence-electron chi connectivity index (χ1n) is 9.24. The Morgan fingerprint density at radius 1 is 0.196 bits per heavy atom. The van der Waals surface area contributed by atoms with Crippen LogP contribution in [0.2, 0.25) is 0 Å². The molecule has 0 aromatic rings. The van der Waals surface area contributed by atoms with Crippen molar-refractivity contribution in [3.05, 3.63) is 0 Å². The molecule has 0 bridgehead atoms. The smallest absolute Gasteiger partial charge is 0.216 e. The average Bonchev–Trinajstić information content (AvgIpc) is 2.77. The number of hydrogen-bond donors (Lipinski definition) is 0. The molecule has 0 aliphatic rings. The third-order valence-electron chi connectivity index (χ3n) is 4.99. The predicted octanol–water partition coefficient (Wildman–Crippen LogP) is 11.0. The normalized spacial score (nSPS) is 17.1. The molecule has 278 valence electrons. The van der Waals surface area contributed by atoms with Gasteiger partial charge in [0.05, 0.1) is 0 Å². The highest BCUT2D eigenvalue weighted by molar-refractivity contribution is 8.77. The van der Waals surface area contributed by atoms with E-state index in [9.17, 15) is 132 Å². The molecule has 46 heavy (non-hydrogen) atoms. The summed E-state index contributed by atoms with van der Waals surface area (Å²) in [5, 5.41) is -16.2. The van der Waals surface area contributed by atoms with Gasteiger partial charge in [-0.15, -0.1) is 0 Å². The van der Waals surface area contributed by atoms with Crippen molar-refractivity contribution in [2.45, 2.75) is 82.1 Å². The summed E-state index contributed by atoms with van der Waals surface area (Å²) in [7, 11) is -7.56. The number of alkyl halides is 30. The van der Waals surface area contributed by atoms with Crippen molar-refractivity contribution in [1.29, 1.82) is 0 Å². The minimum absolute atomic E-state index is 3.78. The van der Waals surface area contributed by atoms with E-state index in [4.69, 9.17) is 0 Å². The average molecular weight is 802 g/mol. The van der Waals surface area contributed by atoms with E-state index in [2.05, 4.69) is 0 Å². The fourth-order valence-electron chi connectivity index (χ4n) is 2.44. The van der Waals surface area contributed by atoms with Crippen LogP contribution >= 0.6 is 21.6 Å². The van der Waals surface area contributed by atoms with Gasteiger partial charge in [0.25, 0.3) is 0 Å². The Hall–Kier alpha value is -1.40. The van der Waals surface area contributed by atoms with Gasteiger partial charge in [-0.25, -0.2) is 8.78 Å². The number of rotatable bonds is 11. The van der Waals surface area contributed by atoms with Gasteiger partial charge < -0.3 is 0 Å². The topological polar surface area (TPSA) is 0 Å². The summed E-state index contributed by atoms with van der Waals surface area (Å²) in [4.78, 5) is 0. The van der Waals surface area contributed by atoms with Crippen LogP contribution in [0.3, 0.4) is 0 Å². The first-order valence-corrected chi connectivity index (χ1v) is 11.4. The van der Waals surface area contributed by atoms with Crippen LogP contribution in [0.5, 0.6) is 0 Å². The van der Waals surface area contributed by atoms with Crippen molar-refractivity contribution in [1.82, 2.24) is 0 Å². The van der Waals surface area contributed by atoms with Crippen LogP contribution in [0.15, 0.2) is 0 Å². The van der Waals surface area contributed by atoms with E-state index < -0.39 is 104 Å². The van der Waals surface area contributed by atoms with Gasteiger partial charge in [0, 0.05) is 0 Å². The quantitative estimate of drug-likeness (QED) is 0.151. The lowest BCUT2D eigenvalue weighted by molar-refractivity contribution is -0.452. The van der Waals surface area contributed by atoms with E-state index >= 15 is 0 Å². The van der Waals surface area contributed by atoms with Crippen LogP contribution in [0.25, 0.3) is 0 Å². The van der Waals surface area contributed by atoms with Crippen LogP contribution in [-0.4, -0.2) is 82.1 Å². The van der Waals surface area contributed by atoms with Gasteiger partial charge in [-0.2, -0.15) is 123 Å². The molecule has 0 rings (SSSR count). The van der Waals surface area contributed by atoms with E-state index in [1.54, 1.807) is 0 Å². The fourth-order valence-corrected chi connectivity index (χ4v) is 4.37. The molecule has 0 fully saturated rings. The summed E-state index contributed by atoms with van der Waals surface area (Å²) in [6, 6.07) is 0. The number of halogens is 30. The van der Waals surface area contributed by atoms with Gasteiger partial charge in [0.1, 0.15) is 0 Å².